The molecule has 134 valence electrons. The summed E-state index contributed by atoms with van der Waals surface area (Å²) < 4.78 is 43.2. The number of sulfonamides is 1. The molecule has 0 atom stereocenters. The zero-order valence-corrected chi connectivity index (χ0v) is 14.7. The van der Waals surface area contributed by atoms with E-state index in [2.05, 4.69) is 20.1 Å². The van der Waals surface area contributed by atoms with Crippen molar-refractivity contribution in [2.75, 3.05) is 18.8 Å². The van der Waals surface area contributed by atoms with Crippen molar-refractivity contribution in [3.63, 3.8) is 0 Å². The lowest BCUT2D eigenvalue weighted by Gasteiger charge is -2.47. The Morgan fingerprint density at radius 2 is 2.27 bits per heavy atom. The lowest BCUT2D eigenvalue weighted by atomic mass is 9.89. The van der Waals surface area contributed by atoms with Crippen LogP contribution in [0.2, 0.25) is 0 Å². The van der Waals surface area contributed by atoms with Gasteiger partial charge in [-0.25, -0.2) is 18.4 Å². The molecule has 4 heterocycles. The van der Waals surface area contributed by atoms with Gasteiger partial charge in [0.2, 0.25) is 10.0 Å². The van der Waals surface area contributed by atoms with Crippen LogP contribution >= 0.6 is 0 Å². The van der Waals surface area contributed by atoms with Crippen LogP contribution in [0.5, 0.6) is 0 Å². The highest BCUT2D eigenvalue weighted by atomic mass is 32.2. The first-order chi connectivity index (χ1) is 13.2. The molecule has 26 heavy (non-hydrogen) atoms. The lowest BCUT2D eigenvalue weighted by molar-refractivity contribution is 0.0719. The SMILES string of the molecule is [2H]C([2H])(C#N)C1(n2cc(-c3ncnc4[nH]ccc34)cn2)CN(S(=O)(=O)CC)C1. The van der Waals surface area contributed by atoms with Gasteiger partial charge in [-0.2, -0.15) is 14.7 Å². The van der Waals surface area contributed by atoms with Gasteiger partial charge >= 0.3 is 0 Å². The van der Waals surface area contributed by atoms with Crippen molar-refractivity contribution in [2.24, 2.45) is 0 Å². The Labute approximate surface area is 153 Å². The van der Waals surface area contributed by atoms with Crippen LogP contribution in [0.4, 0.5) is 0 Å². The highest BCUT2D eigenvalue weighted by molar-refractivity contribution is 7.89. The molecule has 9 nitrogen and oxygen atoms in total. The first-order valence-electron chi connectivity index (χ1n) is 8.97. The zero-order chi connectivity index (χ0) is 20.2. The molecular weight excluding hydrogens is 354 g/mol. The van der Waals surface area contributed by atoms with Crippen molar-refractivity contribution in [1.29, 1.82) is 5.26 Å². The monoisotopic (exact) mass is 373 g/mol. The summed E-state index contributed by atoms with van der Waals surface area (Å²) in [6.07, 6.45) is 3.96. The number of aromatic nitrogens is 5. The fourth-order valence-electron chi connectivity index (χ4n) is 3.08. The molecule has 0 aromatic carbocycles. The van der Waals surface area contributed by atoms with Gasteiger partial charge in [0, 0.05) is 39.2 Å². The van der Waals surface area contributed by atoms with Crippen LogP contribution in [0.15, 0.2) is 31.0 Å². The van der Waals surface area contributed by atoms with E-state index >= 15 is 0 Å². The third-order valence-corrected chi connectivity index (χ3v) is 6.35. The Kier molecular flexibility index (Phi) is 3.27. The van der Waals surface area contributed by atoms with E-state index in [0.29, 0.717) is 16.9 Å². The molecule has 1 aliphatic heterocycles. The predicted molar refractivity (Wildman–Crippen MR) is 94.3 cm³/mol. The molecule has 0 unspecified atom stereocenters. The molecule has 0 amide bonds. The van der Waals surface area contributed by atoms with Crippen molar-refractivity contribution in [3.05, 3.63) is 31.0 Å². The van der Waals surface area contributed by atoms with E-state index in [1.807, 2.05) is 6.07 Å². The summed E-state index contributed by atoms with van der Waals surface area (Å²) in [6.45, 7) is 1.21. The average molecular weight is 373 g/mol. The van der Waals surface area contributed by atoms with Gasteiger partial charge in [0.05, 0.1) is 30.1 Å². The highest BCUT2D eigenvalue weighted by Gasteiger charge is 2.49. The van der Waals surface area contributed by atoms with Gasteiger partial charge in [0.25, 0.3) is 0 Å². The fourth-order valence-corrected chi connectivity index (χ4v) is 4.27. The Morgan fingerprint density at radius 3 is 3.00 bits per heavy atom. The number of nitrogens with zero attached hydrogens (tertiary/aromatic N) is 6. The second kappa shape index (κ2) is 5.89. The lowest BCUT2D eigenvalue weighted by Crippen LogP contribution is -2.64. The summed E-state index contributed by atoms with van der Waals surface area (Å²) in [6, 6.07) is 3.49. The van der Waals surface area contributed by atoms with Crippen molar-refractivity contribution < 1.29 is 11.2 Å². The third-order valence-electron chi connectivity index (χ3n) is 4.57. The summed E-state index contributed by atoms with van der Waals surface area (Å²) in [5.41, 5.74) is 0.482. The van der Waals surface area contributed by atoms with Gasteiger partial charge in [0.15, 0.2) is 0 Å². The highest BCUT2D eigenvalue weighted by Crippen LogP contribution is 2.35. The molecule has 4 rings (SSSR count). The molecule has 1 fully saturated rings. The molecule has 0 aliphatic carbocycles. The van der Waals surface area contributed by atoms with E-state index in [4.69, 9.17) is 2.74 Å². The van der Waals surface area contributed by atoms with Crippen LogP contribution in [0.25, 0.3) is 22.3 Å². The summed E-state index contributed by atoms with van der Waals surface area (Å²) in [5, 5.41) is 14.4. The molecule has 3 aromatic heterocycles. The maximum atomic E-state index is 12.1. The Bertz CT molecular complexity index is 1190. The molecule has 1 N–H and O–H groups in total. The topological polar surface area (TPSA) is 121 Å². The average Bonchev–Trinajstić information content (AvgIpc) is 3.29. The maximum absolute atomic E-state index is 12.1. The van der Waals surface area contributed by atoms with Crippen LogP contribution in [-0.2, 0) is 15.6 Å². The van der Waals surface area contributed by atoms with Gasteiger partial charge in [-0.15, -0.1) is 0 Å². The summed E-state index contributed by atoms with van der Waals surface area (Å²) >= 11 is 0. The number of hydrogen-bond donors (Lipinski definition) is 1. The van der Waals surface area contributed by atoms with Crippen molar-refractivity contribution in [1.82, 2.24) is 29.0 Å². The maximum Gasteiger partial charge on any atom is 0.213 e. The molecule has 1 saturated heterocycles. The smallest absolute Gasteiger partial charge is 0.213 e. The van der Waals surface area contributed by atoms with Gasteiger partial charge in [-0.05, 0) is 13.0 Å². The minimum atomic E-state index is -3.48. The minimum absolute atomic E-state index is 0.0879. The molecule has 0 spiro atoms. The Balaban J connectivity index is 1.76. The van der Waals surface area contributed by atoms with Crippen molar-refractivity contribution in [2.45, 2.75) is 18.8 Å². The first-order valence-corrected chi connectivity index (χ1v) is 9.58. The van der Waals surface area contributed by atoms with Crippen LogP contribution in [0.3, 0.4) is 0 Å². The Hall–Kier alpha value is -2.77. The second-order valence-electron chi connectivity index (χ2n) is 6.07. The predicted octanol–water partition coefficient (Wildman–Crippen LogP) is 1.10. The number of rotatable bonds is 5. The largest absolute Gasteiger partial charge is 0.346 e. The summed E-state index contributed by atoms with van der Waals surface area (Å²) in [7, 11) is -3.48. The summed E-state index contributed by atoms with van der Waals surface area (Å²) in [5.74, 6) is -0.0879. The standard InChI is InChI=1S/C16H17N7O2S/c1-2-26(24,25)22-9-16(10-22,4-5-17)23-8-12(7-21-23)14-13-3-6-18-15(13)20-11-19-14/h3,6-8,11H,2,4,9-10H2,1H3,(H,18,19,20)/i4D2. The molecule has 0 saturated carbocycles. The van der Waals surface area contributed by atoms with Crippen LogP contribution in [0, 0.1) is 11.3 Å². The van der Waals surface area contributed by atoms with Gasteiger partial charge in [-0.3, -0.25) is 4.68 Å². The van der Waals surface area contributed by atoms with E-state index in [9.17, 15) is 13.7 Å². The third kappa shape index (κ3) is 2.48. The van der Waals surface area contributed by atoms with Gasteiger partial charge in [-0.1, -0.05) is 0 Å². The molecular formula is C16H17N7O2S. The first kappa shape index (κ1) is 14.4. The quantitative estimate of drug-likeness (QED) is 0.715. The van der Waals surface area contributed by atoms with Crippen LogP contribution < -0.4 is 0 Å². The van der Waals surface area contributed by atoms with Crippen LogP contribution in [0.1, 0.15) is 16.0 Å². The van der Waals surface area contributed by atoms with E-state index < -0.39 is 21.9 Å². The van der Waals surface area contributed by atoms with Crippen molar-refractivity contribution >= 4 is 21.1 Å². The number of H-pyrrole nitrogens is 1. The Morgan fingerprint density at radius 1 is 1.46 bits per heavy atom. The normalized spacial score (nSPS) is 18.8. The molecule has 3 aromatic rings. The summed E-state index contributed by atoms with van der Waals surface area (Å²) in [4.78, 5) is 11.4. The van der Waals surface area contributed by atoms with Gasteiger partial charge < -0.3 is 4.98 Å². The number of nitriles is 1. The van der Waals surface area contributed by atoms with E-state index in [1.165, 1.54) is 28.4 Å². The molecule has 0 radical (unpaired) electrons. The zero-order valence-electron chi connectivity index (χ0n) is 15.9. The number of aromatic amines is 1. The fraction of sp³-hybridized carbons (Fsp3) is 0.375. The number of hydrogen-bond acceptors (Lipinski definition) is 6. The van der Waals surface area contributed by atoms with E-state index in [1.54, 1.807) is 18.5 Å². The molecule has 10 heteroatoms. The van der Waals surface area contributed by atoms with E-state index in [-0.39, 0.29) is 18.8 Å². The molecule has 0 bridgehead atoms. The minimum Gasteiger partial charge on any atom is -0.346 e. The van der Waals surface area contributed by atoms with Gasteiger partial charge in [0.1, 0.15) is 17.5 Å². The second-order valence-corrected chi connectivity index (χ2v) is 8.33. The van der Waals surface area contributed by atoms with E-state index in [0.717, 1.165) is 5.39 Å². The molecule has 1 aliphatic rings. The van der Waals surface area contributed by atoms with Crippen molar-refractivity contribution in [3.8, 4) is 17.3 Å². The number of nitrogens with one attached hydrogen (secondary N) is 1. The number of fused-ring (bicyclic) bond motifs is 1. The van der Waals surface area contributed by atoms with Crippen LogP contribution in [-0.4, -0.2) is 56.3 Å².